The number of carbonyl (C=O) groups excluding carboxylic acids is 1. The van der Waals surface area contributed by atoms with E-state index in [2.05, 4.69) is 17.6 Å². The van der Waals surface area contributed by atoms with E-state index < -0.39 is 0 Å². The number of amides is 1. The second-order valence-corrected chi connectivity index (χ2v) is 4.80. The molecule has 1 aliphatic rings. The van der Waals surface area contributed by atoms with Gasteiger partial charge < -0.3 is 20.1 Å². The molecule has 5 nitrogen and oxygen atoms in total. The molecule has 0 aliphatic carbocycles. The quantitative estimate of drug-likeness (QED) is 0.865. The van der Waals surface area contributed by atoms with E-state index in [1.165, 1.54) is 0 Å². The molecule has 0 aromatic heterocycles. The molecule has 1 fully saturated rings. The van der Waals surface area contributed by atoms with Crippen LogP contribution in [0.5, 0.6) is 11.5 Å². The van der Waals surface area contributed by atoms with Gasteiger partial charge in [0, 0.05) is 12.6 Å². The predicted molar refractivity (Wildman–Crippen MR) is 73.7 cm³/mol. The average Bonchev–Trinajstić information content (AvgIpc) is 2.85. The molecule has 0 saturated carbocycles. The Bertz CT molecular complexity index is 462. The molecule has 0 spiro atoms. The van der Waals surface area contributed by atoms with Crippen LogP contribution in [0.4, 0.5) is 5.69 Å². The summed E-state index contributed by atoms with van der Waals surface area (Å²) >= 11 is 0. The Morgan fingerprint density at radius 2 is 2.11 bits per heavy atom. The zero-order chi connectivity index (χ0) is 13.8. The highest BCUT2D eigenvalue weighted by molar-refractivity contribution is 5.94. The summed E-state index contributed by atoms with van der Waals surface area (Å²) in [6.45, 7) is 3.68. The summed E-state index contributed by atoms with van der Waals surface area (Å²) in [6, 6.07) is 5.35. The van der Waals surface area contributed by atoms with Crippen LogP contribution >= 0.6 is 0 Å². The highest BCUT2D eigenvalue weighted by Gasteiger charge is 2.29. The van der Waals surface area contributed by atoms with Crippen LogP contribution in [0.15, 0.2) is 18.2 Å². The van der Waals surface area contributed by atoms with Crippen LogP contribution in [0.1, 0.15) is 6.92 Å². The van der Waals surface area contributed by atoms with Crippen molar-refractivity contribution < 1.29 is 14.3 Å². The third-order valence-electron chi connectivity index (χ3n) is 3.52. The molecule has 1 aromatic rings. The highest BCUT2D eigenvalue weighted by Crippen LogP contribution is 2.30. The van der Waals surface area contributed by atoms with E-state index in [9.17, 15) is 4.79 Å². The van der Waals surface area contributed by atoms with Crippen molar-refractivity contribution in [2.24, 2.45) is 11.8 Å². The lowest BCUT2D eigenvalue weighted by Gasteiger charge is -2.16. The smallest absolute Gasteiger partial charge is 0.229 e. The molecule has 2 N–H and O–H groups in total. The van der Waals surface area contributed by atoms with Crippen molar-refractivity contribution in [1.82, 2.24) is 5.32 Å². The lowest BCUT2D eigenvalue weighted by molar-refractivity contribution is -0.120. The number of benzene rings is 1. The minimum absolute atomic E-state index is 0.00379. The average molecular weight is 264 g/mol. The number of ether oxygens (including phenoxy) is 2. The second kappa shape index (κ2) is 5.93. The topological polar surface area (TPSA) is 59.6 Å². The fraction of sp³-hybridized carbons (Fsp3) is 0.500. The van der Waals surface area contributed by atoms with Gasteiger partial charge in [-0.15, -0.1) is 0 Å². The molecule has 0 unspecified atom stereocenters. The maximum absolute atomic E-state index is 12.2. The molecule has 0 radical (unpaired) electrons. The van der Waals surface area contributed by atoms with Gasteiger partial charge in [-0.1, -0.05) is 6.92 Å². The van der Waals surface area contributed by atoms with Crippen molar-refractivity contribution in [3.8, 4) is 11.5 Å². The molecule has 19 heavy (non-hydrogen) atoms. The summed E-state index contributed by atoms with van der Waals surface area (Å²) in [4.78, 5) is 12.2. The summed E-state index contributed by atoms with van der Waals surface area (Å²) in [5.74, 6) is 1.68. The number of methoxy groups -OCH3 is 2. The van der Waals surface area contributed by atoms with Crippen LogP contribution in [0.25, 0.3) is 0 Å². The molecule has 104 valence electrons. The SMILES string of the molecule is COc1ccc(OC)c(NC(=O)[C@@H]2CNC[C@H]2C)c1. The Balaban J connectivity index is 2.15. The molecule has 1 saturated heterocycles. The molecule has 5 heteroatoms. The molecule has 2 rings (SSSR count). The first-order chi connectivity index (χ1) is 9.15. The molecular weight excluding hydrogens is 244 g/mol. The van der Waals surface area contributed by atoms with Crippen LogP contribution in [0.3, 0.4) is 0 Å². The van der Waals surface area contributed by atoms with Crippen molar-refractivity contribution in [2.75, 3.05) is 32.6 Å². The van der Waals surface area contributed by atoms with Gasteiger partial charge in [-0.2, -0.15) is 0 Å². The van der Waals surface area contributed by atoms with Crippen molar-refractivity contribution >= 4 is 11.6 Å². The molecular formula is C14H20N2O3. The molecule has 0 bridgehead atoms. The number of carbonyl (C=O) groups is 1. The molecule has 1 aliphatic heterocycles. The Morgan fingerprint density at radius 1 is 1.32 bits per heavy atom. The molecule has 2 atom stereocenters. The predicted octanol–water partition coefficient (Wildman–Crippen LogP) is 1.50. The maximum atomic E-state index is 12.2. The summed E-state index contributed by atoms with van der Waals surface area (Å²) in [5.41, 5.74) is 0.644. The first-order valence-corrected chi connectivity index (χ1v) is 6.39. The summed E-state index contributed by atoms with van der Waals surface area (Å²) in [7, 11) is 3.17. The molecule has 1 heterocycles. The van der Waals surface area contributed by atoms with E-state index in [0.29, 0.717) is 23.1 Å². The van der Waals surface area contributed by atoms with Crippen LogP contribution in [0.2, 0.25) is 0 Å². The normalized spacial score (nSPS) is 22.1. The van der Waals surface area contributed by atoms with Crippen molar-refractivity contribution in [2.45, 2.75) is 6.92 Å². The van der Waals surface area contributed by atoms with Crippen molar-refractivity contribution in [1.29, 1.82) is 0 Å². The highest BCUT2D eigenvalue weighted by atomic mass is 16.5. The Labute approximate surface area is 113 Å². The van der Waals surface area contributed by atoms with Gasteiger partial charge in [0.1, 0.15) is 11.5 Å². The lowest BCUT2D eigenvalue weighted by Crippen LogP contribution is -2.28. The van der Waals surface area contributed by atoms with Crippen LogP contribution in [-0.2, 0) is 4.79 Å². The van der Waals surface area contributed by atoms with E-state index in [-0.39, 0.29) is 11.8 Å². The third-order valence-corrected chi connectivity index (χ3v) is 3.52. The van der Waals surface area contributed by atoms with Gasteiger partial charge in [-0.25, -0.2) is 0 Å². The zero-order valence-corrected chi connectivity index (χ0v) is 11.5. The van der Waals surface area contributed by atoms with Gasteiger partial charge in [0.05, 0.1) is 25.8 Å². The van der Waals surface area contributed by atoms with Crippen LogP contribution in [-0.4, -0.2) is 33.2 Å². The maximum Gasteiger partial charge on any atom is 0.229 e. The lowest BCUT2D eigenvalue weighted by atomic mass is 9.97. The second-order valence-electron chi connectivity index (χ2n) is 4.80. The van der Waals surface area contributed by atoms with Gasteiger partial charge in [-0.3, -0.25) is 4.79 Å². The number of anilines is 1. The van der Waals surface area contributed by atoms with Crippen LogP contribution < -0.4 is 20.1 Å². The third kappa shape index (κ3) is 2.98. The standard InChI is InChI=1S/C14H20N2O3/c1-9-7-15-8-11(9)14(17)16-12-6-10(18-2)4-5-13(12)19-3/h4-6,9,11,15H,7-8H2,1-3H3,(H,16,17)/t9-,11-/m1/s1. The van der Waals surface area contributed by atoms with E-state index >= 15 is 0 Å². The van der Waals surface area contributed by atoms with Gasteiger partial charge >= 0.3 is 0 Å². The van der Waals surface area contributed by atoms with Gasteiger partial charge in [-0.05, 0) is 24.6 Å². The first kappa shape index (κ1) is 13.7. The Kier molecular flexibility index (Phi) is 4.27. The van der Waals surface area contributed by atoms with E-state index in [1.807, 2.05) is 0 Å². The van der Waals surface area contributed by atoms with Crippen molar-refractivity contribution in [3.05, 3.63) is 18.2 Å². The monoisotopic (exact) mass is 264 g/mol. The largest absolute Gasteiger partial charge is 0.497 e. The zero-order valence-electron chi connectivity index (χ0n) is 11.5. The summed E-state index contributed by atoms with van der Waals surface area (Å²) in [6.07, 6.45) is 0. The summed E-state index contributed by atoms with van der Waals surface area (Å²) < 4.78 is 10.4. The number of rotatable bonds is 4. The van der Waals surface area contributed by atoms with Gasteiger partial charge in [0.25, 0.3) is 0 Å². The Hall–Kier alpha value is -1.75. The number of nitrogens with one attached hydrogen (secondary N) is 2. The fourth-order valence-electron chi connectivity index (χ4n) is 2.30. The van der Waals surface area contributed by atoms with Gasteiger partial charge in [0.15, 0.2) is 0 Å². The minimum atomic E-state index is -0.00379. The number of hydrogen-bond donors (Lipinski definition) is 2. The van der Waals surface area contributed by atoms with E-state index in [4.69, 9.17) is 9.47 Å². The minimum Gasteiger partial charge on any atom is -0.497 e. The first-order valence-electron chi connectivity index (χ1n) is 6.39. The van der Waals surface area contributed by atoms with Gasteiger partial charge in [0.2, 0.25) is 5.91 Å². The summed E-state index contributed by atoms with van der Waals surface area (Å²) in [5, 5.41) is 6.15. The van der Waals surface area contributed by atoms with Crippen LogP contribution in [0, 0.1) is 11.8 Å². The van der Waals surface area contributed by atoms with Crippen molar-refractivity contribution in [3.63, 3.8) is 0 Å². The molecule has 1 aromatic carbocycles. The Morgan fingerprint density at radius 3 is 2.68 bits per heavy atom. The fourth-order valence-corrected chi connectivity index (χ4v) is 2.30. The van der Waals surface area contributed by atoms with E-state index in [0.717, 1.165) is 13.1 Å². The molecule has 1 amide bonds. The number of hydrogen-bond acceptors (Lipinski definition) is 4. The van der Waals surface area contributed by atoms with E-state index in [1.54, 1.807) is 32.4 Å².